The van der Waals surface area contributed by atoms with Crippen molar-refractivity contribution < 1.29 is 4.52 Å². The summed E-state index contributed by atoms with van der Waals surface area (Å²) in [7, 11) is 0. The van der Waals surface area contributed by atoms with Crippen LogP contribution in [-0.2, 0) is 5.75 Å². The van der Waals surface area contributed by atoms with Gasteiger partial charge in [-0.15, -0.1) is 11.3 Å². The molecule has 2 heterocycles. The smallest absolute Gasteiger partial charge is 0.236 e. The van der Waals surface area contributed by atoms with E-state index < -0.39 is 0 Å². The zero-order valence-corrected chi connectivity index (χ0v) is 7.81. The van der Waals surface area contributed by atoms with Crippen molar-refractivity contribution in [2.45, 2.75) is 5.75 Å². The minimum atomic E-state index is 0.484. The molecule has 2 aromatic heterocycles. The summed E-state index contributed by atoms with van der Waals surface area (Å²) < 4.78 is 4.91. The summed E-state index contributed by atoms with van der Waals surface area (Å²) in [5.41, 5.74) is 0. The summed E-state index contributed by atoms with van der Waals surface area (Å²) in [6, 6.07) is 3.91. The molecule has 0 amide bonds. The van der Waals surface area contributed by atoms with Crippen molar-refractivity contribution in [1.29, 1.82) is 0 Å². The van der Waals surface area contributed by atoms with Crippen LogP contribution in [0.2, 0.25) is 0 Å². The summed E-state index contributed by atoms with van der Waals surface area (Å²) >= 11 is 5.62. The molecule has 0 aliphatic rings. The van der Waals surface area contributed by atoms with Crippen molar-refractivity contribution in [2.75, 3.05) is 0 Å². The molecule has 0 radical (unpaired) electrons. The number of rotatable bonds is 2. The molecule has 0 aliphatic carbocycles. The van der Waals surface area contributed by atoms with Gasteiger partial charge in [-0.2, -0.15) is 17.6 Å². The van der Waals surface area contributed by atoms with E-state index in [2.05, 4.69) is 22.8 Å². The fourth-order valence-electron chi connectivity index (χ4n) is 0.825. The van der Waals surface area contributed by atoms with Gasteiger partial charge in [0.05, 0.1) is 10.6 Å². The number of nitrogens with zero attached hydrogens (tertiary/aromatic N) is 2. The van der Waals surface area contributed by atoms with Gasteiger partial charge in [0.1, 0.15) is 0 Å². The summed E-state index contributed by atoms with van der Waals surface area (Å²) in [4.78, 5) is 5.15. The van der Waals surface area contributed by atoms with Crippen LogP contribution in [0.15, 0.2) is 22.0 Å². The molecule has 0 aromatic carbocycles. The highest BCUT2D eigenvalue weighted by Gasteiger charge is 2.06. The van der Waals surface area contributed by atoms with Crippen molar-refractivity contribution in [3.05, 3.63) is 23.4 Å². The van der Waals surface area contributed by atoms with Gasteiger partial charge >= 0.3 is 0 Å². The fraction of sp³-hybridized carbons (Fsp3) is 0.143. The Labute approximate surface area is 78.8 Å². The Morgan fingerprint density at radius 1 is 1.58 bits per heavy atom. The quantitative estimate of drug-likeness (QED) is 0.752. The maximum absolute atomic E-state index is 4.91. The highest BCUT2D eigenvalue weighted by Crippen LogP contribution is 2.21. The van der Waals surface area contributed by atoms with Gasteiger partial charge in [0, 0.05) is 0 Å². The van der Waals surface area contributed by atoms with Gasteiger partial charge in [-0.05, 0) is 11.4 Å². The predicted octanol–water partition coefficient (Wildman–Crippen LogP) is 2.23. The van der Waals surface area contributed by atoms with Crippen molar-refractivity contribution in [3.63, 3.8) is 0 Å². The first-order chi connectivity index (χ1) is 5.90. The molecule has 0 N–H and O–H groups in total. The van der Waals surface area contributed by atoms with Gasteiger partial charge in [0.15, 0.2) is 0 Å². The molecule has 2 aromatic rings. The SMILES string of the molecule is SCc1nc(-c2cccs2)no1. The number of thiophene rings is 1. The number of aromatic nitrogens is 2. The number of thiol groups is 1. The monoisotopic (exact) mass is 198 g/mol. The lowest BCUT2D eigenvalue weighted by Crippen LogP contribution is -1.76. The highest BCUT2D eigenvalue weighted by molar-refractivity contribution is 7.79. The van der Waals surface area contributed by atoms with Crippen LogP contribution in [-0.4, -0.2) is 10.1 Å². The summed E-state index contributed by atoms with van der Waals surface area (Å²) in [6.07, 6.45) is 0. The van der Waals surface area contributed by atoms with Crippen molar-refractivity contribution in [3.8, 4) is 10.7 Å². The van der Waals surface area contributed by atoms with Crippen LogP contribution < -0.4 is 0 Å². The van der Waals surface area contributed by atoms with Crippen molar-refractivity contribution >= 4 is 24.0 Å². The molecule has 0 saturated heterocycles. The first-order valence-electron chi connectivity index (χ1n) is 3.37. The third-order valence-electron chi connectivity index (χ3n) is 1.34. The molecule has 0 unspecified atom stereocenters. The Balaban J connectivity index is 2.35. The number of hydrogen-bond acceptors (Lipinski definition) is 5. The highest BCUT2D eigenvalue weighted by atomic mass is 32.1. The zero-order chi connectivity index (χ0) is 8.39. The summed E-state index contributed by atoms with van der Waals surface area (Å²) in [5, 5.41) is 5.78. The van der Waals surface area contributed by atoms with Gasteiger partial charge < -0.3 is 4.52 Å². The minimum absolute atomic E-state index is 0.484. The van der Waals surface area contributed by atoms with E-state index in [-0.39, 0.29) is 0 Å². The average molecular weight is 198 g/mol. The first kappa shape index (κ1) is 7.82. The topological polar surface area (TPSA) is 38.9 Å². The molecule has 3 nitrogen and oxygen atoms in total. The van der Waals surface area contributed by atoms with Crippen molar-refractivity contribution in [2.24, 2.45) is 0 Å². The van der Waals surface area contributed by atoms with E-state index in [1.165, 1.54) is 0 Å². The molecule has 0 atom stereocenters. The molecule has 0 fully saturated rings. The van der Waals surface area contributed by atoms with Crippen LogP contribution in [0.1, 0.15) is 5.89 Å². The second-order valence-electron chi connectivity index (χ2n) is 2.15. The minimum Gasteiger partial charge on any atom is -0.338 e. The molecule has 62 valence electrons. The summed E-state index contributed by atoms with van der Waals surface area (Å²) in [6.45, 7) is 0. The first-order valence-corrected chi connectivity index (χ1v) is 4.88. The standard InChI is InChI=1S/C7H6N2OS2/c11-4-6-8-7(9-10-6)5-2-1-3-12-5/h1-3,11H,4H2. The van der Waals surface area contributed by atoms with Crippen LogP contribution in [0.4, 0.5) is 0 Å². The summed E-state index contributed by atoms with van der Waals surface area (Å²) in [5.74, 6) is 1.69. The van der Waals surface area contributed by atoms with E-state index in [1.54, 1.807) is 11.3 Å². The van der Waals surface area contributed by atoms with Crippen LogP contribution in [0, 0.1) is 0 Å². The van der Waals surface area contributed by atoms with Gasteiger partial charge in [0.2, 0.25) is 11.7 Å². The lowest BCUT2D eigenvalue weighted by Gasteiger charge is -1.81. The Hall–Kier alpha value is -0.810. The van der Waals surface area contributed by atoms with E-state index in [0.717, 1.165) is 4.88 Å². The molecular weight excluding hydrogens is 192 g/mol. The molecule has 0 spiro atoms. The van der Waals surface area contributed by atoms with Gasteiger partial charge in [-0.3, -0.25) is 0 Å². The van der Waals surface area contributed by atoms with E-state index in [4.69, 9.17) is 4.52 Å². The third kappa shape index (κ3) is 1.37. The Morgan fingerprint density at radius 3 is 3.08 bits per heavy atom. The molecule has 0 saturated carbocycles. The third-order valence-corrected chi connectivity index (χ3v) is 2.48. The van der Waals surface area contributed by atoms with Crippen LogP contribution in [0.5, 0.6) is 0 Å². The molecule has 0 bridgehead atoms. The molecular formula is C7H6N2OS2. The van der Waals surface area contributed by atoms with Crippen LogP contribution in [0.3, 0.4) is 0 Å². The van der Waals surface area contributed by atoms with Gasteiger partial charge in [-0.25, -0.2) is 0 Å². The average Bonchev–Trinajstić information content (AvgIpc) is 2.75. The predicted molar refractivity (Wildman–Crippen MR) is 50.3 cm³/mol. The molecule has 12 heavy (non-hydrogen) atoms. The van der Waals surface area contributed by atoms with Crippen molar-refractivity contribution in [1.82, 2.24) is 10.1 Å². The lowest BCUT2D eigenvalue weighted by atomic mass is 10.4. The second kappa shape index (κ2) is 3.28. The zero-order valence-electron chi connectivity index (χ0n) is 6.10. The van der Waals surface area contributed by atoms with Gasteiger partial charge in [-0.1, -0.05) is 11.2 Å². The van der Waals surface area contributed by atoms with E-state index >= 15 is 0 Å². The van der Waals surface area contributed by atoms with E-state index in [9.17, 15) is 0 Å². The molecule has 2 rings (SSSR count). The van der Waals surface area contributed by atoms with Crippen LogP contribution >= 0.6 is 24.0 Å². The van der Waals surface area contributed by atoms with E-state index in [1.807, 2.05) is 17.5 Å². The second-order valence-corrected chi connectivity index (χ2v) is 3.41. The normalized spacial score (nSPS) is 10.4. The number of hydrogen-bond donors (Lipinski definition) is 1. The Bertz CT molecular complexity index is 355. The molecule has 0 aliphatic heterocycles. The maximum atomic E-state index is 4.91. The van der Waals surface area contributed by atoms with Crippen LogP contribution in [0.25, 0.3) is 10.7 Å². The maximum Gasteiger partial charge on any atom is 0.236 e. The fourth-order valence-corrected chi connectivity index (χ4v) is 1.60. The van der Waals surface area contributed by atoms with E-state index in [0.29, 0.717) is 17.5 Å². The Morgan fingerprint density at radius 2 is 2.50 bits per heavy atom. The molecule has 5 heteroatoms. The lowest BCUT2D eigenvalue weighted by molar-refractivity contribution is 0.392. The largest absolute Gasteiger partial charge is 0.338 e. The van der Waals surface area contributed by atoms with Gasteiger partial charge in [0.25, 0.3) is 0 Å². The Kier molecular flexibility index (Phi) is 2.14.